The summed E-state index contributed by atoms with van der Waals surface area (Å²) in [7, 11) is 0. The minimum absolute atomic E-state index is 0.180. The SMILES string of the molecule is CCNC(=O)C(C)N(Cc1ccc(Cl)c(Cl)c1)C(=O)COc1ccccc1Cl. The fraction of sp³-hybridized carbons (Fsp3) is 0.300. The Morgan fingerprint density at radius 2 is 1.79 bits per heavy atom. The molecule has 5 nitrogen and oxygen atoms in total. The van der Waals surface area contributed by atoms with Crippen LogP contribution in [-0.4, -0.2) is 35.9 Å². The molecule has 150 valence electrons. The highest BCUT2D eigenvalue weighted by atomic mass is 35.5. The first-order valence-corrected chi connectivity index (χ1v) is 9.85. The molecule has 2 rings (SSSR count). The molecule has 2 amide bonds. The van der Waals surface area contributed by atoms with E-state index in [1.54, 1.807) is 49.4 Å². The molecular weight excluding hydrogens is 423 g/mol. The average Bonchev–Trinajstić information content (AvgIpc) is 2.67. The van der Waals surface area contributed by atoms with Crippen LogP contribution in [0.4, 0.5) is 0 Å². The molecule has 0 aliphatic rings. The lowest BCUT2D eigenvalue weighted by Crippen LogP contribution is -2.49. The third-order valence-corrected chi connectivity index (χ3v) is 5.09. The van der Waals surface area contributed by atoms with Gasteiger partial charge in [0.05, 0.1) is 15.1 Å². The molecule has 0 bridgehead atoms. The number of para-hydroxylation sites is 1. The quantitative estimate of drug-likeness (QED) is 0.650. The van der Waals surface area contributed by atoms with Gasteiger partial charge in [0.25, 0.3) is 5.91 Å². The van der Waals surface area contributed by atoms with Gasteiger partial charge in [-0.05, 0) is 43.7 Å². The maximum atomic E-state index is 12.9. The van der Waals surface area contributed by atoms with E-state index in [9.17, 15) is 9.59 Å². The molecule has 2 aromatic rings. The van der Waals surface area contributed by atoms with E-state index in [1.807, 2.05) is 6.92 Å². The summed E-state index contributed by atoms with van der Waals surface area (Å²) in [5, 5.41) is 3.93. The monoisotopic (exact) mass is 442 g/mol. The summed E-state index contributed by atoms with van der Waals surface area (Å²) in [5.41, 5.74) is 0.747. The number of ether oxygens (including phenoxy) is 1. The lowest BCUT2D eigenvalue weighted by molar-refractivity contribution is -0.142. The summed E-state index contributed by atoms with van der Waals surface area (Å²) in [4.78, 5) is 26.6. The van der Waals surface area contributed by atoms with Crippen LogP contribution in [-0.2, 0) is 16.1 Å². The minimum Gasteiger partial charge on any atom is -0.482 e. The van der Waals surface area contributed by atoms with Crippen LogP contribution in [0.1, 0.15) is 19.4 Å². The van der Waals surface area contributed by atoms with E-state index in [2.05, 4.69) is 5.32 Å². The molecule has 0 saturated heterocycles. The van der Waals surface area contributed by atoms with Crippen molar-refractivity contribution in [3.63, 3.8) is 0 Å². The molecule has 0 fully saturated rings. The summed E-state index contributed by atoms with van der Waals surface area (Å²) in [6.07, 6.45) is 0. The first-order valence-electron chi connectivity index (χ1n) is 8.72. The molecule has 0 heterocycles. The van der Waals surface area contributed by atoms with Crippen LogP contribution < -0.4 is 10.1 Å². The molecule has 0 aliphatic heterocycles. The van der Waals surface area contributed by atoms with Crippen molar-refractivity contribution in [1.29, 1.82) is 0 Å². The van der Waals surface area contributed by atoms with Gasteiger partial charge in [-0.25, -0.2) is 0 Å². The van der Waals surface area contributed by atoms with Crippen molar-refractivity contribution in [2.24, 2.45) is 0 Å². The van der Waals surface area contributed by atoms with Crippen molar-refractivity contribution >= 4 is 46.6 Å². The Kier molecular flexibility index (Phi) is 8.42. The summed E-state index contributed by atoms with van der Waals surface area (Å²) in [6, 6.07) is 11.3. The molecule has 0 aliphatic carbocycles. The van der Waals surface area contributed by atoms with Gasteiger partial charge in [0.2, 0.25) is 5.91 Å². The van der Waals surface area contributed by atoms with E-state index >= 15 is 0 Å². The molecule has 1 atom stereocenters. The maximum Gasteiger partial charge on any atom is 0.261 e. The fourth-order valence-electron chi connectivity index (χ4n) is 2.52. The number of hydrogen-bond donors (Lipinski definition) is 1. The van der Waals surface area contributed by atoms with Crippen LogP contribution in [0.15, 0.2) is 42.5 Å². The lowest BCUT2D eigenvalue weighted by atomic mass is 10.1. The van der Waals surface area contributed by atoms with E-state index in [-0.39, 0.29) is 25.0 Å². The predicted molar refractivity (Wildman–Crippen MR) is 112 cm³/mol. The molecule has 0 radical (unpaired) electrons. The maximum absolute atomic E-state index is 12.9. The number of likely N-dealkylation sites (N-methyl/N-ethyl adjacent to an activating group) is 1. The Labute approximate surface area is 179 Å². The summed E-state index contributed by atoms with van der Waals surface area (Å²) in [6.45, 7) is 3.87. The second-order valence-electron chi connectivity index (χ2n) is 6.06. The van der Waals surface area contributed by atoms with Crippen LogP contribution in [0.25, 0.3) is 0 Å². The zero-order valence-electron chi connectivity index (χ0n) is 15.5. The van der Waals surface area contributed by atoms with Gasteiger partial charge in [-0.3, -0.25) is 9.59 Å². The normalized spacial score (nSPS) is 11.6. The number of carbonyl (C=O) groups excluding carboxylic acids is 2. The second kappa shape index (κ2) is 10.6. The number of benzene rings is 2. The smallest absolute Gasteiger partial charge is 0.261 e. The Bertz CT molecular complexity index is 845. The van der Waals surface area contributed by atoms with Crippen LogP contribution in [0.3, 0.4) is 0 Å². The van der Waals surface area contributed by atoms with Gasteiger partial charge in [0, 0.05) is 13.1 Å². The first-order chi connectivity index (χ1) is 13.3. The van der Waals surface area contributed by atoms with E-state index in [0.29, 0.717) is 27.4 Å². The molecule has 28 heavy (non-hydrogen) atoms. The van der Waals surface area contributed by atoms with Crippen LogP contribution in [0.2, 0.25) is 15.1 Å². The molecule has 0 aromatic heterocycles. The Hall–Kier alpha value is -1.95. The zero-order chi connectivity index (χ0) is 20.7. The highest BCUT2D eigenvalue weighted by Crippen LogP contribution is 2.25. The van der Waals surface area contributed by atoms with E-state index in [0.717, 1.165) is 5.56 Å². The van der Waals surface area contributed by atoms with E-state index in [4.69, 9.17) is 39.5 Å². The van der Waals surface area contributed by atoms with Crippen molar-refractivity contribution in [3.8, 4) is 5.75 Å². The number of carbonyl (C=O) groups is 2. The second-order valence-corrected chi connectivity index (χ2v) is 7.28. The number of nitrogens with one attached hydrogen (secondary N) is 1. The van der Waals surface area contributed by atoms with Crippen LogP contribution >= 0.6 is 34.8 Å². The minimum atomic E-state index is -0.697. The average molecular weight is 444 g/mol. The Morgan fingerprint density at radius 1 is 1.07 bits per heavy atom. The third kappa shape index (κ3) is 6.03. The summed E-state index contributed by atoms with van der Waals surface area (Å²) >= 11 is 18.1. The molecule has 1 N–H and O–H groups in total. The number of rotatable bonds is 8. The topological polar surface area (TPSA) is 58.6 Å². The highest BCUT2D eigenvalue weighted by molar-refractivity contribution is 6.42. The third-order valence-electron chi connectivity index (χ3n) is 4.04. The molecule has 0 spiro atoms. The largest absolute Gasteiger partial charge is 0.482 e. The summed E-state index contributed by atoms with van der Waals surface area (Å²) < 4.78 is 5.55. The van der Waals surface area contributed by atoms with Crippen molar-refractivity contribution in [3.05, 3.63) is 63.1 Å². The molecule has 2 aromatic carbocycles. The van der Waals surface area contributed by atoms with Gasteiger partial charge < -0.3 is 15.0 Å². The van der Waals surface area contributed by atoms with E-state index < -0.39 is 6.04 Å². The number of hydrogen-bond acceptors (Lipinski definition) is 3. The number of halogens is 3. The fourth-order valence-corrected chi connectivity index (χ4v) is 3.03. The molecule has 0 saturated carbocycles. The number of nitrogens with zero attached hydrogens (tertiary/aromatic N) is 1. The van der Waals surface area contributed by atoms with Gasteiger partial charge >= 0.3 is 0 Å². The predicted octanol–water partition coefficient (Wildman–Crippen LogP) is 4.58. The highest BCUT2D eigenvalue weighted by Gasteiger charge is 2.26. The van der Waals surface area contributed by atoms with Crippen molar-refractivity contribution in [1.82, 2.24) is 10.2 Å². The molecule has 1 unspecified atom stereocenters. The van der Waals surface area contributed by atoms with E-state index in [1.165, 1.54) is 4.90 Å². The Balaban J connectivity index is 2.18. The lowest BCUT2D eigenvalue weighted by Gasteiger charge is -2.28. The van der Waals surface area contributed by atoms with Crippen molar-refractivity contribution < 1.29 is 14.3 Å². The van der Waals surface area contributed by atoms with Gasteiger partial charge in [0.15, 0.2) is 6.61 Å². The summed E-state index contributed by atoms with van der Waals surface area (Å²) in [5.74, 6) is -0.212. The molecular formula is C20H21Cl3N2O3. The van der Waals surface area contributed by atoms with Crippen LogP contribution in [0, 0.1) is 0 Å². The van der Waals surface area contributed by atoms with Crippen LogP contribution in [0.5, 0.6) is 5.75 Å². The van der Waals surface area contributed by atoms with Crippen molar-refractivity contribution in [2.75, 3.05) is 13.2 Å². The van der Waals surface area contributed by atoms with Gasteiger partial charge in [-0.2, -0.15) is 0 Å². The van der Waals surface area contributed by atoms with Gasteiger partial charge in [-0.1, -0.05) is 53.0 Å². The first kappa shape index (κ1) is 22.3. The molecule has 8 heteroatoms. The van der Waals surface area contributed by atoms with Crippen molar-refractivity contribution in [2.45, 2.75) is 26.4 Å². The van der Waals surface area contributed by atoms with Gasteiger partial charge in [0.1, 0.15) is 11.8 Å². The number of amides is 2. The standard InChI is InChI=1S/C20H21Cl3N2O3/c1-3-24-20(27)13(2)25(11-14-8-9-15(21)17(23)10-14)19(26)12-28-18-7-5-4-6-16(18)22/h4-10,13H,3,11-12H2,1-2H3,(H,24,27). The van der Waals surface area contributed by atoms with Gasteiger partial charge in [-0.15, -0.1) is 0 Å². The zero-order valence-corrected chi connectivity index (χ0v) is 17.8. The Morgan fingerprint density at radius 3 is 2.43 bits per heavy atom.